The fourth-order valence-electron chi connectivity index (χ4n) is 4.02. The van der Waals surface area contributed by atoms with Crippen LogP contribution in [0, 0.1) is 6.92 Å². The van der Waals surface area contributed by atoms with Gasteiger partial charge in [0.25, 0.3) is 0 Å². The van der Waals surface area contributed by atoms with Crippen LogP contribution in [0.3, 0.4) is 0 Å². The van der Waals surface area contributed by atoms with Crippen LogP contribution in [-0.2, 0) is 25.9 Å². The zero-order valence-corrected chi connectivity index (χ0v) is 17.7. The summed E-state index contributed by atoms with van der Waals surface area (Å²) >= 11 is 0. The number of nitrogens with zero attached hydrogens (tertiary/aromatic N) is 4. The number of aryl methyl sites for hydroxylation is 2. The van der Waals surface area contributed by atoms with E-state index in [1.165, 1.54) is 5.56 Å². The molecule has 3 heterocycles. The molecule has 2 aromatic rings. The van der Waals surface area contributed by atoms with Crippen LogP contribution < -0.4 is 20.1 Å². The van der Waals surface area contributed by atoms with E-state index >= 15 is 0 Å². The van der Waals surface area contributed by atoms with Gasteiger partial charge in [0.2, 0.25) is 0 Å². The number of methoxy groups -OCH3 is 1. The highest BCUT2D eigenvalue weighted by molar-refractivity contribution is 5.80. The van der Waals surface area contributed by atoms with Gasteiger partial charge in [-0.05, 0) is 39.3 Å². The summed E-state index contributed by atoms with van der Waals surface area (Å²) in [6.07, 6.45) is 3.07. The van der Waals surface area contributed by atoms with Crippen molar-refractivity contribution in [3.63, 3.8) is 0 Å². The number of nitrogens with one attached hydrogen (secondary N) is 2. The van der Waals surface area contributed by atoms with Gasteiger partial charge in [0, 0.05) is 36.6 Å². The SMILES string of the molecule is CCNC(=NCc1cc2c(cc1OC)CC(C)O2)NC1CCc2nc(C)nn2C1. The first-order valence-corrected chi connectivity index (χ1v) is 10.4. The zero-order valence-electron chi connectivity index (χ0n) is 17.7. The number of benzene rings is 1. The van der Waals surface area contributed by atoms with Gasteiger partial charge in [0.1, 0.15) is 29.3 Å². The van der Waals surface area contributed by atoms with Crippen LogP contribution in [0.1, 0.15) is 43.0 Å². The molecule has 4 rings (SSSR count). The summed E-state index contributed by atoms with van der Waals surface area (Å²) in [4.78, 5) is 9.29. The minimum Gasteiger partial charge on any atom is -0.496 e. The van der Waals surface area contributed by atoms with Crippen molar-refractivity contribution in [3.8, 4) is 11.5 Å². The first kappa shape index (κ1) is 19.5. The summed E-state index contributed by atoms with van der Waals surface area (Å²) in [7, 11) is 1.71. The lowest BCUT2D eigenvalue weighted by molar-refractivity contribution is 0.254. The zero-order chi connectivity index (χ0) is 20.4. The molecule has 0 aliphatic carbocycles. The Bertz CT molecular complexity index is 907. The molecule has 2 N–H and O–H groups in total. The smallest absolute Gasteiger partial charge is 0.191 e. The van der Waals surface area contributed by atoms with Crippen molar-refractivity contribution in [2.45, 2.75) is 65.3 Å². The van der Waals surface area contributed by atoms with Gasteiger partial charge >= 0.3 is 0 Å². The molecule has 8 heteroatoms. The molecule has 0 fully saturated rings. The standard InChI is InChI=1S/C21H30N6O2/c1-5-22-21(25-17-6-7-20-24-14(3)26-27(20)12-17)23-11-16-10-19-15(8-13(2)29-19)9-18(16)28-4/h9-10,13,17H,5-8,11-12H2,1-4H3,(H2,22,23,25). The molecule has 0 radical (unpaired) electrons. The second-order valence-electron chi connectivity index (χ2n) is 7.74. The number of guanidine groups is 1. The Labute approximate surface area is 171 Å². The minimum absolute atomic E-state index is 0.212. The number of aliphatic imine (C=N–C) groups is 1. The molecule has 1 aromatic carbocycles. The van der Waals surface area contributed by atoms with Crippen molar-refractivity contribution in [2.24, 2.45) is 4.99 Å². The van der Waals surface area contributed by atoms with Crippen LogP contribution in [0.15, 0.2) is 17.1 Å². The highest BCUT2D eigenvalue weighted by atomic mass is 16.5. The number of hydrogen-bond acceptors (Lipinski definition) is 5. The quantitative estimate of drug-likeness (QED) is 0.592. The molecule has 0 bridgehead atoms. The summed E-state index contributed by atoms with van der Waals surface area (Å²) in [6, 6.07) is 4.42. The maximum absolute atomic E-state index is 5.91. The summed E-state index contributed by atoms with van der Waals surface area (Å²) in [5.74, 6) is 4.51. The van der Waals surface area contributed by atoms with Crippen molar-refractivity contribution in [1.29, 1.82) is 0 Å². The van der Waals surface area contributed by atoms with Gasteiger partial charge in [-0.25, -0.2) is 14.7 Å². The third kappa shape index (κ3) is 4.31. The molecule has 2 aliphatic rings. The number of aromatic nitrogens is 3. The molecular formula is C21H30N6O2. The van der Waals surface area contributed by atoms with E-state index < -0.39 is 0 Å². The molecule has 2 unspecified atom stereocenters. The first-order chi connectivity index (χ1) is 14.1. The highest BCUT2D eigenvalue weighted by Gasteiger charge is 2.23. The Hall–Kier alpha value is -2.77. The predicted octanol–water partition coefficient (Wildman–Crippen LogP) is 1.99. The Morgan fingerprint density at radius 1 is 1.41 bits per heavy atom. The number of rotatable bonds is 5. The van der Waals surface area contributed by atoms with Crippen molar-refractivity contribution in [1.82, 2.24) is 25.4 Å². The molecule has 0 saturated carbocycles. The predicted molar refractivity (Wildman–Crippen MR) is 112 cm³/mol. The van der Waals surface area contributed by atoms with E-state index in [0.717, 1.165) is 67.0 Å². The number of fused-ring (bicyclic) bond motifs is 2. The summed E-state index contributed by atoms with van der Waals surface area (Å²) in [5.41, 5.74) is 2.23. The van der Waals surface area contributed by atoms with Gasteiger partial charge < -0.3 is 20.1 Å². The molecule has 29 heavy (non-hydrogen) atoms. The third-order valence-electron chi connectivity index (χ3n) is 5.36. The normalized spacial score (nSPS) is 20.6. The minimum atomic E-state index is 0.212. The summed E-state index contributed by atoms with van der Waals surface area (Å²) in [5, 5.41) is 11.4. The van der Waals surface area contributed by atoms with Crippen LogP contribution in [0.25, 0.3) is 0 Å². The monoisotopic (exact) mass is 398 g/mol. The average molecular weight is 399 g/mol. The Balaban J connectivity index is 1.47. The van der Waals surface area contributed by atoms with Gasteiger partial charge in [-0.3, -0.25) is 0 Å². The molecular weight excluding hydrogens is 368 g/mol. The van der Waals surface area contributed by atoms with E-state index in [1.54, 1.807) is 7.11 Å². The molecule has 8 nitrogen and oxygen atoms in total. The van der Waals surface area contributed by atoms with Crippen molar-refractivity contribution in [2.75, 3.05) is 13.7 Å². The van der Waals surface area contributed by atoms with Crippen molar-refractivity contribution >= 4 is 5.96 Å². The van der Waals surface area contributed by atoms with Crippen LogP contribution >= 0.6 is 0 Å². The van der Waals surface area contributed by atoms with Crippen LogP contribution in [-0.4, -0.2) is 46.5 Å². The van der Waals surface area contributed by atoms with Crippen LogP contribution in [0.4, 0.5) is 0 Å². The van der Waals surface area contributed by atoms with E-state index in [0.29, 0.717) is 6.54 Å². The van der Waals surface area contributed by atoms with Crippen LogP contribution in [0.5, 0.6) is 11.5 Å². The maximum atomic E-state index is 5.91. The lowest BCUT2D eigenvalue weighted by Gasteiger charge is -2.25. The van der Waals surface area contributed by atoms with Crippen LogP contribution in [0.2, 0.25) is 0 Å². The van der Waals surface area contributed by atoms with E-state index in [2.05, 4.69) is 46.7 Å². The second-order valence-corrected chi connectivity index (χ2v) is 7.74. The number of hydrogen-bond donors (Lipinski definition) is 2. The largest absolute Gasteiger partial charge is 0.496 e. The number of ether oxygens (including phenoxy) is 2. The molecule has 2 atom stereocenters. The summed E-state index contributed by atoms with van der Waals surface area (Å²) in [6.45, 7) is 8.21. The summed E-state index contributed by atoms with van der Waals surface area (Å²) < 4.78 is 13.5. The van der Waals surface area contributed by atoms with Gasteiger partial charge in [0.15, 0.2) is 5.96 Å². The second kappa shape index (κ2) is 8.31. The first-order valence-electron chi connectivity index (χ1n) is 10.4. The molecule has 0 amide bonds. The molecule has 156 valence electrons. The van der Waals surface area contributed by atoms with Crippen molar-refractivity contribution < 1.29 is 9.47 Å². The fraction of sp³-hybridized carbons (Fsp3) is 0.571. The highest BCUT2D eigenvalue weighted by Crippen LogP contribution is 2.35. The lowest BCUT2D eigenvalue weighted by Crippen LogP contribution is -2.47. The Morgan fingerprint density at radius 3 is 3.07 bits per heavy atom. The molecule has 2 aliphatic heterocycles. The fourth-order valence-corrected chi connectivity index (χ4v) is 4.02. The van der Waals surface area contributed by atoms with E-state index in [1.807, 2.05) is 11.6 Å². The molecule has 0 saturated heterocycles. The Morgan fingerprint density at radius 2 is 2.28 bits per heavy atom. The topological polar surface area (TPSA) is 85.6 Å². The lowest BCUT2D eigenvalue weighted by atomic mass is 10.1. The van der Waals surface area contributed by atoms with Gasteiger partial charge in [-0.15, -0.1) is 0 Å². The maximum Gasteiger partial charge on any atom is 0.191 e. The Kier molecular flexibility index (Phi) is 5.60. The third-order valence-corrected chi connectivity index (χ3v) is 5.36. The molecule has 1 aromatic heterocycles. The van der Waals surface area contributed by atoms with E-state index in [4.69, 9.17) is 14.5 Å². The molecule has 0 spiro atoms. The van der Waals surface area contributed by atoms with Gasteiger partial charge in [0.05, 0.1) is 20.2 Å². The van der Waals surface area contributed by atoms with Gasteiger partial charge in [-0.2, -0.15) is 5.10 Å². The average Bonchev–Trinajstić information content (AvgIpc) is 3.24. The van der Waals surface area contributed by atoms with Crippen molar-refractivity contribution in [3.05, 3.63) is 34.9 Å². The van der Waals surface area contributed by atoms with Gasteiger partial charge in [-0.1, -0.05) is 0 Å². The van der Waals surface area contributed by atoms with E-state index in [9.17, 15) is 0 Å². The van der Waals surface area contributed by atoms with E-state index in [-0.39, 0.29) is 12.1 Å².